The van der Waals surface area contributed by atoms with Gasteiger partial charge in [0.2, 0.25) is 5.91 Å². The summed E-state index contributed by atoms with van der Waals surface area (Å²) in [6, 6.07) is 9.66. The van der Waals surface area contributed by atoms with Gasteiger partial charge in [-0.3, -0.25) is 4.79 Å². The summed E-state index contributed by atoms with van der Waals surface area (Å²) in [6.45, 7) is 13.4. The van der Waals surface area contributed by atoms with Crippen molar-refractivity contribution in [2.24, 2.45) is 13.0 Å². The summed E-state index contributed by atoms with van der Waals surface area (Å²) in [4.78, 5) is 30.1. The monoisotopic (exact) mass is 426 g/mol. The van der Waals surface area contributed by atoms with Crippen molar-refractivity contribution in [1.82, 2.24) is 14.4 Å². The predicted octanol–water partition coefficient (Wildman–Crippen LogP) is 4.96. The lowest BCUT2D eigenvalue weighted by molar-refractivity contribution is -0.133. The van der Waals surface area contributed by atoms with Gasteiger partial charge in [0.1, 0.15) is 6.54 Å². The molecule has 6 heteroatoms. The molecule has 0 bridgehead atoms. The molecule has 1 aromatic heterocycles. The third-order valence-electron chi connectivity index (χ3n) is 5.74. The number of nitrogens with zero attached hydrogens (tertiary/aromatic N) is 3. The van der Waals surface area contributed by atoms with Crippen molar-refractivity contribution < 1.29 is 9.59 Å². The average Bonchev–Trinajstić information content (AvgIpc) is 3.11. The van der Waals surface area contributed by atoms with Gasteiger partial charge in [-0.25, -0.2) is 4.79 Å². The van der Waals surface area contributed by atoms with E-state index in [1.165, 1.54) is 0 Å². The number of urea groups is 1. The van der Waals surface area contributed by atoms with E-state index in [9.17, 15) is 9.59 Å². The molecule has 1 heterocycles. The van der Waals surface area contributed by atoms with Crippen molar-refractivity contribution >= 4 is 17.6 Å². The Morgan fingerprint density at radius 1 is 1.06 bits per heavy atom. The maximum Gasteiger partial charge on any atom is 0.322 e. The van der Waals surface area contributed by atoms with Crippen LogP contribution in [0.5, 0.6) is 0 Å². The van der Waals surface area contributed by atoms with Crippen LogP contribution in [0.25, 0.3) is 0 Å². The highest BCUT2D eigenvalue weighted by Crippen LogP contribution is 2.21. The molecule has 170 valence electrons. The Labute approximate surface area is 187 Å². The van der Waals surface area contributed by atoms with Crippen LogP contribution >= 0.6 is 0 Å². The van der Waals surface area contributed by atoms with Gasteiger partial charge in [0.25, 0.3) is 0 Å². The van der Waals surface area contributed by atoms with Crippen LogP contribution in [0, 0.1) is 19.8 Å². The van der Waals surface area contributed by atoms with Crippen LogP contribution in [-0.2, 0) is 18.4 Å². The lowest BCUT2D eigenvalue weighted by Gasteiger charge is -2.32. The van der Waals surface area contributed by atoms with Gasteiger partial charge in [-0.2, -0.15) is 0 Å². The normalized spacial score (nSPS) is 12.0. The van der Waals surface area contributed by atoms with Crippen LogP contribution < -0.4 is 5.32 Å². The first kappa shape index (κ1) is 24.5. The summed E-state index contributed by atoms with van der Waals surface area (Å²) in [6.07, 6.45) is 2.76. The minimum atomic E-state index is -0.233. The van der Waals surface area contributed by atoms with Crippen molar-refractivity contribution in [3.63, 3.8) is 0 Å². The molecule has 0 aliphatic heterocycles. The van der Waals surface area contributed by atoms with Gasteiger partial charge in [0.05, 0.1) is 6.54 Å². The number of nitrogens with one attached hydrogen (secondary N) is 1. The maximum atomic E-state index is 13.3. The van der Waals surface area contributed by atoms with E-state index in [0.29, 0.717) is 19.0 Å². The zero-order valence-corrected chi connectivity index (χ0v) is 20.1. The number of anilines is 1. The van der Waals surface area contributed by atoms with Gasteiger partial charge in [0.15, 0.2) is 0 Å². The number of carbonyl (C=O) groups is 2. The van der Waals surface area contributed by atoms with Gasteiger partial charge in [-0.1, -0.05) is 39.0 Å². The minimum absolute atomic E-state index is 0.0353. The Morgan fingerprint density at radius 3 is 2.23 bits per heavy atom. The molecule has 0 saturated heterocycles. The van der Waals surface area contributed by atoms with Gasteiger partial charge >= 0.3 is 6.03 Å². The van der Waals surface area contributed by atoms with Crippen LogP contribution in [0.1, 0.15) is 50.9 Å². The van der Waals surface area contributed by atoms with Crippen LogP contribution in [0.15, 0.2) is 36.5 Å². The zero-order chi connectivity index (χ0) is 23.1. The lowest BCUT2D eigenvalue weighted by Crippen LogP contribution is -2.48. The molecule has 1 N–H and O–H groups in total. The molecule has 0 unspecified atom stereocenters. The van der Waals surface area contributed by atoms with E-state index >= 15 is 0 Å². The highest BCUT2D eigenvalue weighted by atomic mass is 16.2. The standard InChI is InChI=1S/C25H38N4O2/c1-8-21(6)29(25(31)26-24-19(4)11-9-12-20(24)5)17-23(30)28(15-18(2)3)16-22-13-10-14-27(22)7/h9-14,18,21H,8,15-17H2,1-7H3,(H,26,31)/t21-/m1/s1. The third kappa shape index (κ3) is 6.61. The second-order valence-corrected chi connectivity index (χ2v) is 8.86. The van der Waals surface area contributed by atoms with Crippen molar-refractivity contribution in [1.29, 1.82) is 0 Å². The molecular weight excluding hydrogens is 388 g/mol. The average molecular weight is 427 g/mol. The Balaban J connectivity index is 2.21. The number of amides is 3. The molecule has 0 aliphatic rings. The Morgan fingerprint density at radius 2 is 1.71 bits per heavy atom. The number of hydrogen-bond acceptors (Lipinski definition) is 2. The van der Waals surface area contributed by atoms with E-state index in [0.717, 1.165) is 28.9 Å². The topological polar surface area (TPSA) is 57.6 Å². The summed E-state index contributed by atoms with van der Waals surface area (Å²) in [5, 5.41) is 3.05. The quantitative estimate of drug-likeness (QED) is 0.616. The summed E-state index contributed by atoms with van der Waals surface area (Å²) >= 11 is 0. The van der Waals surface area contributed by atoms with Gasteiger partial charge < -0.3 is 19.7 Å². The van der Waals surface area contributed by atoms with Gasteiger partial charge in [0, 0.05) is 37.2 Å². The number of carbonyl (C=O) groups excluding carboxylic acids is 2. The summed E-state index contributed by atoms with van der Waals surface area (Å²) in [5.74, 6) is 0.302. The zero-order valence-electron chi connectivity index (χ0n) is 20.1. The highest BCUT2D eigenvalue weighted by Gasteiger charge is 2.26. The second-order valence-electron chi connectivity index (χ2n) is 8.86. The SMILES string of the molecule is CC[C@@H](C)N(CC(=O)N(Cc1cccn1C)CC(C)C)C(=O)Nc1c(C)cccc1C. The minimum Gasteiger partial charge on any atom is -0.353 e. The molecule has 1 aromatic carbocycles. The molecule has 31 heavy (non-hydrogen) atoms. The number of para-hydroxylation sites is 1. The van der Waals surface area contributed by atoms with E-state index in [-0.39, 0.29) is 24.5 Å². The molecular formula is C25H38N4O2. The molecule has 2 aromatic rings. The Bertz CT molecular complexity index is 867. The number of hydrogen-bond donors (Lipinski definition) is 1. The lowest BCUT2D eigenvalue weighted by atomic mass is 10.1. The Kier molecular flexibility index (Phi) is 8.72. The van der Waals surface area contributed by atoms with Crippen molar-refractivity contribution in [3.05, 3.63) is 53.3 Å². The molecule has 1 atom stereocenters. The number of aromatic nitrogens is 1. The fourth-order valence-electron chi connectivity index (χ4n) is 3.64. The largest absolute Gasteiger partial charge is 0.353 e. The van der Waals surface area contributed by atoms with Crippen LogP contribution in [0.3, 0.4) is 0 Å². The van der Waals surface area contributed by atoms with Crippen molar-refractivity contribution in [3.8, 4) is 0 Å². The third-order valence-corrected chi connectivity index (χ3v) is 5.74. The predicted molar refractivity (Wildman–Crippen MR) is 127 cm³/mol. The first-order valence-electron chi connectivity index (χ1n) is 11.2. The molecule has 0 spiro atoms. The molecule has 0 saturated carbocycles. The maximum absolute atomic E-state index is 13.3. The number of aryl methyl sites for hydroxylation is 3. The highest BCUT2D eigenvalue weighted by molar-refractivity contribution is 5.93. The molecule has 2 rings (SSSR count). The summed E-state index contributed by atoms with van der Waals surface area (Å²) in [7, 11) is 1.98. The van der Waals surface area contributed by atoms with E-state index in [4.69, 9.17) is 0 Å². The van der Waals surface area contributed by atoms with Crippen LogP contribution in [-0.4, -0.2) is 45.4 Å². The fraction of sp³-hybridized carbons (Fsp3) is 0.520. The van der Waals surface area contributed by atoms with Gasteiger partial charge in [-0.15, -0.1) is 0 Å². The van der Waals surface area contributed by atoms with E-state index < -0.39 is 0 Å². The van der Waals surface area contributed by atoms with E-state index in [1.807, 2.05) is 80.7 Å². The van der Waals surface area contributed by atoms with Gasteiger partial charge in [-0.05, 0) is 56.4 Å². The number of rotatable bonds is 9. The van der Waals surface area contributed by atoms with Crippen LogP contribution in [0.4, 0.5) is 10.5 Å². The van der Waals surface area contributed by atoms with Crippen molar-refractivity contribution in [2.45, 2.75) is 60.5 Å². The Hall–Kier alpha value is -2.76. The first-order valence-corrected chi connectivity index (χ1v) is 11.2. The first-order chi connectivity index (χ1) is 14.6. The molecule has 0 fully saturated rings. The molecule has 3 amide bonds. The summed E-state index contributed by atoms with van der Waals surface area (Å²) in [5.41, 5.74) is 3.91. The smallest absolute Gasteiger partial charge is 0.322 e. The van der Waals surface area contributed by atoms with Crippen molar-refractivity contribution in [2.75, 3.05) is 18.4 Å². The molecule has 0 aliphatic carbocycles. The second kappa shape index (κ2) is 11.0. The van der Waals surface area contributed by atoms with E-state index in [2.05, 4.69) is 19.2 Å². The number of benzene rings is 1. The molecule has 0 radical (unpaired) electrons. The molecule has 6 nitrogen and oxygen atoms in total. The van der Waals surface area contributed by atoms with Crippen LogP contribution in [0.2, 0.25) is 0 Å². The van der Waals surface area contributed by atoms with E-state index in [1.54, 1.807) is 4.90 Å². The summed E-state index contributed by atoms with van der Waals surface area (Å²) < 4.78 is 2.03. The fourth-order valence-corrected chi connectivity index (χ4v) is 3.64.